The Morgan fingerprint density at radius 2 is 2.15 bits per heavy atom. The molecule has 0 saturated carbocycles. The van der Waals surface area contributed by atoms with E-state index in [1.807, 2.05) is 6.07 Å². The van der Waals surface area contributed by atoms with Crippen LogP contribution in [0.2, 0.25) is 0 Å². The highest BCUT2D eigenvalue weighted by Crippen LogP contribution is 2.34. The van der Waals surface area contributed by atoms with Gasteiger partial charge in [-0.2, -0.15) is 0 Å². The quantitative estimate of drug-likeness (QED) is 0.796. The highest BCUT2D eigenvalue weighted by Gasteiger charge is 2.06. The second kappa shape index (κ2) is 3.12. The number of benzene rings is 1. The lowest BCUT2D eigenvalue weighted by Gasteiger charge is -1.95. The second-order valence-corrected chi connectivity index (χ2v) is 5.05. The Balaban J connectivity index is 2.88. The van der Waals surface area contributed by atoms with Crippen LogP contribution in [-0.4, -0.2) is 11.4 Å². The molecule has 0 aliphatic carbocycles. The number of thiophene rings is 1. The predicted octanol–water partition coefficient (Wildman–Crippen LogP) is 3.18. The molecule has 13 heavy (non-hydrogen) atoms. The zero-order chi connectivity index (χ0) is 9.42. The number of phenolic OH excluding ortho intramolecular Hbond substituents is 1. The SMILES string of the molecule is O=Cc1cc(O)cc2cc(Br)sc12. The number of hydrogen-bond acceptors (Lipinski definition) is 3. The third-order valence-corrected chi connectivity index (χ3v) is 3.43. The van der Waals surface area contributed by atoms with Crippen LogP contribution in [0.1, 0.15) is 10.4 Å². The zero-order valence-corrected chi connectivity index (χ0v) is 8.85. The summed E-state index contributed by atoms with van der Waals surface area (Å²) in [5.74, 6) is 0.125. The fraction of sp³-hybridized carbons (Fsp3) is 0. The van der Waals surface area contributed by atoms with Crippen LogP contribution in [0.15, 0.2) is 22.0 Å². The van der Waals surface area contributed by atoms with Gasteiger partial charge in [0, 0.05) is 10.3 Å². The molecule has 2 nitrogen and oxygen atoms in total. The molecule has 1 aromatic heterocycles. The lowest BCUT2D eigenvalue weighted by atomic mass is 10.2. The van der Waals surface area contributed by atoms with E-state index in [2.05, 4.69) is 15.9 Å². The van der Waals surface area contributed by atoms with Crippen LogP contribution in [0.25, 0.3) is 10.1 Å². The number of hydrogen-bond donors (Lipinski definition) is 1. The Hall–Kier alpha value is -0.870. The van der Waals surface area contributed by atoms with Gasteiger partial charge in [-0.3, -0.25) is 4.79 Å². The van der Waals surface area contributed by atoms with Gasteiger partial charge in [0.05, 0.1) is 3.79 Å². The number of aldehydes is 1. The minimum atomic E-state index is 0.125. The van der Waals surface area contributed by atoms with E-state index in [1.54, 1.807) is 6.07 Å². The van der Waals surface area contributed by atoms with Crippen molar-refractivity contribution in [3.8, 4) is 5.75 Å². The summed E-state index contributed by atoms with van der Waals surface area (Å²) < 4.78 is 1.86. The van der Waals surface area contributed by atoms with E-state index in [-0.39, 0.29) is 5.75 Å². The number of halogens is 1. The van der Waals surface area contributed by atoms with Gasteiger partial charge in [0.25, 0.3) is 0 Å². The Bertz CT molecular complexity index is 476. The standard InChI is InChI=1S/C9H5BrO2S/c10-8-3-5-1-7(12)2-6(4-11)9(5)13-8/h1-4,12H. The van der Waals surface area contributed by atoms with Crippen LogP contribution in [0.3, 0.4) is 0 Å². The molecule has 0 spiro atoms. The molecule has 0 aliphatic rings. The number of phenols is 1. The smallest absolute Gasteiger partial charge is 0.151 e. The lowest BCUT2D eigenvalue weighted by molar-refractivity contribution is 0.112. The van der Waals surface area contributed by atoms with E-state index < -0.39 is 0 Å². The van der Waals surface area contributed by atoms with Gasteiger partial charge in [-0.1, -0.05) is 0 Å². The van der Waals surface area contributed by atoms with E-state index in [9.17, 15) is 9.90 Å². The molecule has 1 aromatic carbocycles. The summed E-state index contributed by atoms with van der Waals surface area (Å²) in [5, 5.41) is 10.2. The van der Waals surface area contributed by atoms with Gasteiger partial charge in [-0.25, -0.2) is 0 Å². The summed E-state index contributed by atoms with van der Waals surface area (Å²) in [7, 11) is 0. The molecule has 4 heteroatoms. The lowest BCUT2D eigenvalue weighted by Crippen LogP contribution is -1.78. The number of carbonyl (C=O) groups is 1. The van der Waals surface area contributed by atoms with Crippen molar-refractivity contribution in [2.24, 2.45) is 0 Å². The minimum absolute atomic E-state index is 0.125. The molecule has 2 aromatic rings. The zero-order valence-electron chi connectivity index (χ0n) is 6.45. The maximum Gasteiger partial charge on any atom is 0.151 e. The molecule has 2 rings (SSSR count). The normalized spacial score (nSPS) is 10.5. The first-order valence-electron chi connectivity index (χ1n) is 3.58. The number of aromatic hydroxyl groups is 1. The van der Waals surface area contributed by atoms with Crippen LogP contribution < -0.4 is 0 Å². The first-order chi connectivity index (χ1) is 6.20. The topological polar surface area (TPSA) is 37.3 Å². The summed E-state index contributed by atoms with van der Waals surface area (Å²) in [5.41, 5.74) is 0.533. The molecule has 0 bridgehead atoms. The molecule has 1 N–H and O–H groups in total. The van der Waals surface area contributed by atoms with Crippen molar-refractivity contribution in [1.82, 2.24) is 0 Å². The van der Waals surface area contributed by atoms with Gasteiger partial charge in [0.2, 0.25) is 0 Å². The minimum Gasteiger partial charge on any atom is -0.508 e. The van der Waals surface area contributed by atoms with Crippen molar-refractivity contribution in [2.45, 2.75) is 0 Å². The van der Waals surface area contributed by atoms with E-state index >= 15 is 0 Å². The van der Waals surface area contributed by atoms with Crippen molar-refractivity contribution in [3.63, 3.8) is 0 Å². The number of carbonyl (C=O) groups excluding carboxylic acids is 1. The molecule has 0 radical (unpaired) electrons. The summed E-state index contributed by atoms with van der Waals surface area (Å²) in [6.07, 6.45) is 0.755. The molecule has 0 aliphatic heterocycles. The van der Waals surface area contributed by atoms with E-state index in [0.29, 0.717) is 5.56 Å². The summed E-state index contributed by atoms with van der Waals surface area (Å²) in [4.78, 5) is 10.7. The first kappa shape index (κ1) is 8.72. The molecule has 66 valence electrons. The van der Waals surface area contributed by atoms with Gasteiger partial charge in [-0.05, 0) is 39.5 Å². The maximum absolute atomic E-state index is 10.7. The predicted molar refractivity (Wildman–Crippen MR) is 56.6 cm³/mol. The Labute approximate surface area is 86.9 Å². The van der Waals surface area contributed by atoms with Crippen LogP contribution in [-0.2, 0) is 0 Å². The average Bonchev–Trinajstić information content (AvgIpc) is 2.43. The van der Waals surface area contributed by atoms with Crippen LogP contribution in [0, 0.1) is 0 Å². The second-order valence-electron chi connectivity index (χ2n) is 2.62. The Kier molecular flexibility index (Phi) is 2.09. The molecule has 0 unspecified atom stereocenters. The van der Waals surface area contributed by atoms with Gasteiger partial charge in [-0.15, -0.1) is 11.3 Å². The van der Waals surface area contributed by atoms with Gasteiger partial charge in [0.15, 0.2) is 6.29 Å². The molecule has 0 atom stereocenters. The number of rotatable bonds is 1. The molecule has 0 saturated heterocycles. The van der Waals surface area contributed by atoms with E-state index in [0.717, 1.165) is 20.2 Å². The van der Waals surface area contributed by atoms with E-state index in [4.69, 9.17) is 0 Å². The first-order valence-corrected chi connectivity index (χ1v) is 5.19. The van der Waals surface area contributed by atoms with Crippen LogP contribution in [0.5, 0.6) is 5.75 Å². The number of fused-ring (bicyclic) bond motifs is 1. The fourth-order valence-electron chi connectivity index (χ4n) is 1.22. The molecule has 0 amide bonds. The fourth-order valence-corrected chi connectivity index (χ4v) is 2.79. The van der Waals surface area contributed by atoms with Crippen LogP contribution >= 0.6 is 27.3 Å². The molecular weight excluding hydrogens is 252 g/mol. The summed E-state index contributed by atoms with van der Waals surface area (Å²) in [6.45, 7) is 0. The van der Waals surface area contributed by atoms with Gasteiger partial charge < -0.3 is 5.11 Å². The highest BCUT2D eigenvalue weighted by molar-refractivity contribution is 9.11. The third kappa shape index (κ3) is 1.47. The molecule has 1 heterocycles. The summed E-state index contributed by atoms with van der Waals surface area (Å²) in [6, 6.07) is 4.99. The van der Waals surface area contributed by atoms with Crippen molar-refractivity contribution < 1.29 is 9.90 Å². The highest BCUT2D eigenvalue weighted by atomic mass is 79.9. The Morgan fingerprint density at radius 3 is 2.85 bits per heavy atom. The maximum atomic E-state index is 10.7. The van der Waals surface area contributed by atoms with Crippen molar-refractivity contribution >= 4 is 43.6 Å². The van der Waals surface area contributed by atoms with Crippen LogP contribution in [0.4, 0.5) is 0 Å². The van der Waals surface area contributed by atoms with E-state index in [1.165, 1.54) is 17.4 Å². The van der Waals surface area contributed by atoms with Crippen molar-refractivity contribution in [2.75, 3.05) is 0 Å². The van der Waals surface area contributed by atoms with Crippen molar-refractivity contribution in [3.05, 3.63) is 27.5 Å². The van der Waals surface area contributed by atoms with Gasteiger partial charge >= 0.3 is 0 Å². The Morgan fingerprint density at radius 1 is 1.38 bits per heavy atom. The molecular formula is C9H5BrO2S. The monoisotopic (exact) mass is 256 g/mol. The van der Waals surface area contributed by atoms with Crippen molar-refractivity contribution in [1.29, 1.82) is 0 Å². The van der Waals surface area contributed by atoms with Gasteiger partial charge in [0.1, 0.15) is 5.75 Å². The third-order valence-electron chi connectivity index (χ3n) is 1.73. The average molecular weight is 257 g/mol. The summed E-state index contributed by atoms with van der Waals surface area (Å²) >= 11 is 4.82. The molecule has 0 fully saturated rings. The largest absolute Gasteiger partial charge is 0.508 e.